The van der Waals surface area contributed by atoms with Crippen LogP contribution < -0.4 is 0 Å². The van der Waals surface area contributed by atoms with Gasteiger partial charge in [-0.05, 0) is 23.9 Å². The molecule has 24 heavy (non-hydrogen) atoms. The maximum absolute atomic E-state index is 12.4. The van der Waals surface area contributed by atoms with Crippen molar-refractivity contribution >= 4 is 23.2 Å². The standard InChI is InChI=1S/C15H13N5O3S/c21-12-4-3-10(17-18-12)15(22)20-6-5-9(8-20)13-16-14(23-19-13)11-2-1-7-24-11/h1-4,7,9-10H,5-6,8H2. The van der Waals surface area contributed by atoms with Crippen LogP contribution >= 0.6 is 11.3 Å². The summed E-state index contributed by atoms with van der Waals surface area (Å²) in [5.74, 6) is 0.563. The number of rotatable bonds is 3. The van der Waals surface area contributed by atoms with Gasteiger partial charge in [0.25, 0.3) is 17.7 Å². The van der Waals surface area contributed by atoms with E-state index in [0.717, 1.165) is 11.3 Å². The third-order valence-corrected chi connectivity index (χ3v) is 4.85. The topological polar surface area (TPSA) is 101 Å². The van der Waals surface area contributed by atoms with Gasteiger partial charge in [-0.1, -0.05) is 11.2 Å². The van der Waals surface area contributed by atoms with E-state index in [9.17, 15) is 9.59 Å². The third-order valence-electron chi connectivity index (χ3n) is 3.99. The Bertz CT molecular complexity index is 810. The fourth-order valence-corrected chi connectivity index (χ4v) is 3.40. The molecule has 4 heterocycles. The molecule has 0 bridgehead atoms. The van der Waals surface area contributed by atoms with Crippen LogP contribution in [0.15, 0.2) is 44.4 Å². The predicted octanol–water partition coefficient (Wildman–Crippen LogP) is 2.03. The van der Waals surface area contributed by atoms with Crippen molar-refractivity contribution in [1.82, 2.24) is 15.0 Å². The van der Waals surface area contributed by atoms with Gasteiger partial charge in [0.1, 0.15) is 0 Å². The number of carbonyl (C=O) groups excluding carboxylic acids is 2. The fraction of sp³-hybridized carbons (Fsp3) is 0.333. The molecule has 2 amide bonds. The molecule has 8 nitrogen and oxygen atoms in total. The van der Waals surface area contributed by atoms with E-state index in [4.69, 9.17) is 4.52 Å². The van der Waals surface area contributed by atoms with Crippen LogP contribution in [0.4, 0.5) is 0 Å². The van der Waals surface area contributed by atoms with Crippen LogP contribution in [0.3, 0.4) is 0 Å². The highest BCUT2D eigenvalue weighted by Crippen LogP contribution is 2.29. The summed E-state index contributed by atoms with van der Waals surface area (Å²) in [6, 6.07) is 3.14. The van der Waals surface area contributed by atoms with Crippen LogP contribution in [-0.2, 0) is 9.59 Å². The molecule has 0 aliphatic carbocycles. The first-order chi connectivity index (χ1) is 11.7. The number of hydrogen-bond donors (Lipinski definition) is 0. The van der Waals surface area contributed by atoms with Gasteiger partial charge in [-0.25, -0.2) is 0 Å². The fourth-order valence-electron chi connectivity index (χ4n) is 2.76. The van der Waals surface area contributed by atoms with Crippen LogP contribution in [0.5, 0.6) is 0 Å². The highest BCUT2D eigenvalue weighted by molar-refractivity contribution is 7.13. The Balaban J connectivity index is 1.43. The minimum Gasteiger partial charge on any atom is -0.340 e. The Morgan fingerprint density at radius 2 is 2.33 bits per heavy atom. The smallest absolute Gasteiger partial charge is 0.287 e. The van der Waals surface area contributed by atoms with Crippen LogP contribution in [0.2, 0.25) is 0 Å². The average Bonchev–Trinajstić information content (AvgIpc) is 3.33. The van der Waals surface area contributed by atoms with Gasteiger partial charge in [0, 0.05) is 25.1 Å². The third kappa shape index (κ3) is 2.78. The molecule has 4 rings (SSSR count). The van der Waals surface area contributed by atoms with Gasteiger partial charge in [-0.2, -0.15) is 10.1 Å². The highest BCUT2D eigenvalue weighted by Gasteiger charge is 2.33. The number of azo groups is 1. The van der Waals surface area contributed by atoms with E-state index < -0.39 is 11.9 Å². The van der Waals surface area contributed by atoms with Crippen LogP contribution in [-0.4, -0.2) is 46.0 Å². The molecule has 0 radical (unpaired) electrons. The molecule has 2 aromatic rings. The molecule has 2 atom stereocenters. The van der Waals surface area contributed by atoms with Gasteiger partial charge in [-0.15, -0.1) is 16.5 Å². The lowest BCUT2D eigenvalue weighted by atomic mass is 10.1. The number of likely N-dealkylation sites (tertiary alicyclic amines) is 1. The molecule has 0 N–H and O–H groups in total. The first-order valence-electron chi connectivity index (χ1n) is 7.50. The van der Waals surface area contributed by atoms with Crippen molar-refractivity contribution in [1.29, 1.82) is 0 Å². The largest absolute Gasteiger partial charge is 0.340 e. The maximum atomic E-state index is 12.4. The summed E-state index contributed by atoms with van der Waals surface area (Å²) in [6.07, 6.45) is 3.52. The molecule has 2 unspecified atom stereocenters. The number of nitrogens with zero attached hydrogens (tertiary/aromatic N) is 5. The Morgan fingerprint density at radius 1 is 1.42 bits per heavy atom. The van der Waals surface area contributed by atoms with Crippen molar-refractivity contribution in [2.75, 3.05) is 13.1 Å². The summed E-state index contributed by atoms with van der Waals surface area (Å²) in [6.45, 7) is 1.11. The van der Waals surface area contributed by atoms with E-state index in [1.165, 1.54) is 23.5 Å². The Labute approximate surface area is 140 Å². The molecule has 122 valence electrons. The predicted molar refractivity (Wildman–Crippen MR) is 84.3 cm³/mol. The Kier molecular flexibility index (Phi) is 3.77. The maximum Gasteiger partial charge on any atom is 0.287 e. The molecule has 0 saturated carbocycles. The number of thiophene rings is 1. The summed E-state index contributed by atoms with van der Waals surface area (Å²) >= 11 is 1.54. The Morgan fingerprint density at radius 3 is 3.08 bits per heavy atom. The van der Waals surface area contributed by atoms with Gasteiger partial charge in [0.15, 0.2) is 11.9 Å². The van der Waals surface area contributed by atoms with E-state index in [1.807, 2.05) is 17.5 Å². The van der Waals surface area contributed by atoms with Crippen molar-refractivity contribution in [3.63, 3.8) is 0 Å². The van der Waals surface area contributed by atoms with E-state index in [-0.39, 0.29) is 11.8 Å². The summed E-state index contributed by atoms with van der Waals surface area (Å²) in [5, 5.41) is 13.2. The first kappa shape index (κ1) is 14.9. The number of hydrogen-bond acceptors (Lipinski definition) is 7. The van der Waals surface area contributed by atoms with Crippen LogP contribution in [0.25, 0.3) is 10.8 Å². The van der Waals surface area contributed by atoms with Crippen molar-refractivity contribution in [2.45, 2.75) is 18.4 Å². The molecule has 9 heteroatoms. The van der Waals surface area contributed by atoms with Gasteiger partial charge in [-0.3, -0.25) is 9.59 Å². The van der Waals surface area contributed by atoms with Crippen molar-refractivity contribution < 1.29 is 14.1 Å². The minimum atomic E-state index is -0.714. The lowest BCUT2D eigenvalue weighted by molar-refractivity contribution is -0.130. The molecule has 2 aliphatic heterocycles. The lowest BCUT2D eigenvalue weighted by Gasteiger charge is -2.18. The first-order valence-corrected chi connectivity index (χ1v) is 8.38. The zero-order valence-electron chi connectivity index (χ0n) is 12.5. The summed E-state index contributed by atoms with van der Waals surface area (Å²) in [5.41, 5.74) is 0. The van der Waals surface area contributed by atoms with E-state index >= 15 is 0 Å². The second-order valence-electron chi connectivity index (χ2n) is 5.56. The minimum absolute atomic E-state index is 0.0394. The normalized spacial score (nSPS) is 23.2. The molecule has 1 saturated heterocycles. The summed E-state index contributed by atoms with van der Waals surface area (Å²) < 4.78 is 5.31. The molecule has 2 aromatic heterocycles. The number of aromatic nitrogens is 2. The van der Waals surface area contributed by atoms with Gasteiger partial charge in [0.2, 0.25) is 0 Å². The lowest BCUT2D eigenvalue weighted by Crippen LogP contribution is -2.36. The SMILES string of the molecule is O=C1C=CC(C(=O)N2CCC(c3noc(-c4cccs4)n3)C2)N=N1. The van der Waals surface area contributed by atoms with Gasteiger partial charge in [0.05, 0.1) is 4.88 Å². The van der Waals surface area contributed by atoms with Crippen molar-refractivity contribution in [3.8, 4) is 10.8 Å². The summed E-state index contributed by atoms with van der Waals surface area (Å²) in [4.78, 5) is 30.5. The Hall–Kier alpha value is -2.68. The highest BCUT2D eigenvalue weighted by atomic mass is 32.1. The number of amides is 2. The molecule has 0 spiro atoms. The van der Waals surface area contributed by atoms with Gasteiger partial charge < -0.3 is 9.42 Å². The van der Waals surface area contributed by atoms with Crippen molar-refractivity contribution in [2.24, 2.45) is 10.2 Å². The van der Waals surface area contributed by atoms with E-state index in [0.29, 0.717) is 24.8 Å². The second-order valence-corrected chi connectivity index (χ2v) is 6.51. The molecule has 0 aromatic carbocycles. The molecular weight excluding hydrogens is 330 g/mol. The van der Waals surface area contributed by atoms with E-state index in [2.05, 4.69) is 20.4 Å². The average molecular weight is 343 g/mol. The summed E-state index contributed by atoms with van der Waals surface area (Å²) in [7, 11) is 0. The molecule has 2 aliphatic rings. The quantitative estimate of drug-likeness (QED) is 0.848. The zero-order chi connectivity index (χ0) is 16.5. The van der Waals surface area contributed by atoms with Crippen molar-refractivity contribution in [3.05, 3.63) is 35.5 Å². The van der Waals surface area contributed by atoms with E-state index in [1.54, 1.807) is 4.90 Å². The number of carbonyl (C=O) groups is 2. The van der Waals surface area contributed by atoms with Gasteiger partial charge >= 0.3 is 0 Å². The molecule has 1 fully saturated rings. The van der Waals surface area contributed by atoms with Crippen LogP contribution in [0.1, 0.15) is 18.2 Å². The molecular formula is C15H13N5O3S. The monoisotopic (exact) mass is 343 g/mol. The zero-order valence-corrected chi connectivity index (χ0v) is 13.3. The second kappa shape index (κ2) is 6.08. The van der Waals surface area contributed by atoms with Crippen LogP contribution in [0, 0.1) is 0 Å².